The van der Waals surface area contributed by atoms with E-state index in [1.165, 1.54) is 26.9 Å². The van der Waals surface area contributed by atoms with Crippen LogP contribution >= 0.6 is 0 Å². The molecule has 0 unspecified atom stereocenters. The van der Waals surface area contributed by atoms with Crippen LogP contribution in [0.25, 0.3) is 0 Å². The zero-order valence-electron chi connectivity index (χ0n) is 14.0. The largest absolute Gasteiger partial charge is 0.496 e. The molecule has 2 aromatic rings. The molecule has 122 valence electrons. The van der Waals surface area contributed by atoms with Crippen molar-refractivity contribution < 1.29 is 19.0 Å². The standard InChI is InChI=1S/C18H21NO4/c1-11-6-7-13(8-12(11)2)19-18(20)14-9-16(22-4)17(23-5)10-15(14)21-3/h6-10H,1-5H3,(H,19,20). The van der Waals surface area contributed by atoms with Crippen molar-refractivity contribution in [2.75, 3.05) is 26.6 Å². The van der Waals surface area contributed by atoms with Crippen molar-refractivity contribution >= 4 is 11.6 Å². The van der Waals surface area contributed by atoms with Gasteiger partial charge in [-0.15, -0.1) is 0 Å². The van der Waals surface area contributed by atoms with Crippen LogP contribution in [0.4, 0.5) is 5.69 Å². The first-order valence-electron chi connectivity index (χ1n) is 7.18. The van der Waals surface area contributed by atoms with E-state index in [2.05, 4.69) is 5.32 Å². The van der Waals surface area contributed by atoms with Gasteiger partial charge in [-0.1, -0.05) is 6.07 Å². The highest BCUT2D eigenvalue weighted by Crippen LogP contribution is 2.35. The minimum absolute atomic E-state index is 0.272. The quantitative estimate of drug-likeness (QED) is 0.916. The predicted octanol–water partition coefficient (Wildman–Crippen LogP) is 3.58. The molecular weight excluding hydrogens is 294 g/mol. The number of carbonyl (C=O) groups excluding carboxylic acids is 1. The maximum Gasteiger partial charge on any atom is 0.259 e. The summed E-state index contributed by atoms with van der Waals surface area (Å²) in [6, 6.07) is 9.01. The van der Waals surface area contributed by atoms with Crippen molar-refractivity contribution in [3.8, 4) is 17.2 Å². The van der Waals surface area contributed by atoms with Gasteiger partial charge < -0.3 is 19.5 Å². The SMILES string of the molecule is COc1cc(OC)c(C(=O)Nc2ccc(C)c(C)c2)cc1OC. The number of aryl methyl sites for hydroxylation is 2. The normalized spacial score (nSPS) is 10.1. The van der Waals surface area contributed by atoms with E-state index >= 15 is 0 Å². The van der Waals surface area contributed by atoms with Gasteiger partial charge in [0, 0.05) is 17.8 Å². The summed E-state index contributed by atoms with van der Waals surface area (Å²) in [6.45, 7) is 4.03. The Hall–Kier alpha value is -2.69. The van der Waals surface area contributed by atoms with E-state index in [0.29, 0.717) is 22.8 Å². The first kappa shape index (κ1) is 16.7. The Morgan fingerprint density at radius 3 is 2.00 bits per heavy atom. The Morgan fingerprint density at radius 1 is 0.826 bits per heavy atom. The van der Waals surface area contributed by atoms with Gasteiger partial charge in [0.05, 0.1) is 26.9 Å². The van der Waals surface area contributed by atoms with Crippen LogP contribution in [-0.4, -0.2) is 27.2 Å². The average molecular weight is 315 g/mol. The summed E-state index contributed by atoms with van der Waals surface area (Å²) in [5.74, 6) is 1.13. The van der Waals surface area contributed by atoms with Crippen molar-refractivity contribution in [3.63, 3.8) is 0 Å². The molecule has 0 aliphatic rings. The second-order valence-corrected chi connectivity index (χ2v) is 5.16. The second-order valence-electron chi connectivity index (χ2n) is 5.16. The molecule has 0 saturated carbocycles. The van der Waals surface area contributed by atoms with Gasteiger partial charge in [-0.2, -0.15) is 0 Å². The zero-order chi connectivity index (χ0) is 17.0. The van der Waals surface area contributed by atoms with Gasteiger partial charge in [0.2, 0.25) is 0 Å². The summed E-state index contributed by atoms with van der Waals surface area (Å²) in [6.07, 6.45) is 0. The molecule has 0 aromatic heterocycles. The van der Waals surface area contributed by atoms with Crippen molar-refractivity contribution in [2.45, 2.75) is 13.8 Å². The van der Waals surface area contributed by atoms with E-state index < -0.39 is 0 Å². The van der Waals surface area contributed by atoms with Crippen LogP contribution in [0.5, 0.6) is 17.2 Å². The molecule has 0 saturated heterocycles. The molecule has 1 amide bonds. The lowest BCUT2D eigenvalue weighted by molar-refractivity contribution is 0.102. The monoisotopic (exact) mass is 315 g/mol. The third kappa shape index (κ3) is 3.56. The molecule has 1 N–H and O–H groups in total. The van der Waals surface area contributed by atoms with E-state index in [9.17, 15) is 4.79 Å². The number of anilines is 1. The molecule has 0 bridgehead atoms. The molecule has 5 heteroatoms. The summed E-state index contributed by atoms with van der Waals surface area (Å²) >= 11 is 0. The molecule has 0 radical (unpaired) electrons. The summed E-state index contributed by atoms with van der Waals surface area (Å²) < 4.78 is 15.8. The third-order valence-corrected chi connectivity index (χ3v) is 3.72. The maximum atomic E-state index is 12.6. The van der Waals surface area contributed by atoms with Gasteiger partial charge in [-0.25, -0.2) is 0 Å². The number of methoxy groups -OCH3 is 3. The van der Waals surface area contributed by atoms with Gasteiger partial charge in [0.25, 0.3) is 5.91 Å². The van der Waals surface area contributed by atoms with Crippen LogP contribution in [-0.2, 0) is 0 Å². The smallest absolute Gasteiger partial charge is 0.259 e. The molecule has 0 heterocycles. The van der Waals surface area contributed by atoms with Crippen LogP contribution in [0.15, 0.2) is 30.3 Å². The summed E-state index contributed by atoms with van der Waals surface area (Å²) in [5.41, 5.74) is 3.40. The summed E-state index contributed by atoms with van der Waals surface area (Å²) in [5, 5.41) is 2.87. The second kappa shape index (κ2) is 7.05. The number of nitrogens with one attached hydrogen (secondary N) is 1. The summed E-state index contributed by atoms with van der Waals surface area (Å²) in [7, 11) is 4.56. The van der Waals surface area contributed by atoms with Crippen LogP contribution in [0.2, 0.25) is 0 Å². The minimum Gasteiger partial charge on any atom is -0.496 e. The molecule has 0 fully saturated rings. The Morgan fingerprint density at radius 2 is 1.43 bits per heavy atom. The number of ether oxygens (including phenoxy) is 3. The van der Waals surface area contributed by atoms with Crippen molar-refractivity contribution in [2.24, 2.45) is 0 Å². The van der Waals surface area contributed by atoms with Gasteiger partial charge >= 0.3 is 0 Å². The third-order valence-electron chi connectivity index (χ3n) is 3.72. The number of benzene rings is 2. The number of rotatable bonds is 5. The minimum atomic E-state index is -0.272. The molecule has 0 spiro atoms. The van der Waals surface area contributed by atoms with Gasteiger partial charge in [0.15, 0.2) is 11.5 Å². The highest BCUT2D eigenvalue weighted by Gasteiger charge is 2.18. The number of hydrogen-bond acceptors (Lipinski definition) is 4. The molecule has 0 aliphatic carbocycles. The topological polar surface area (TPSA) is 56.8 Å². The first-order chi connectivity index (χ1) is 11.0. The number of amides is 1. The molecule has 0 aliphatic heterocycles. The van der Waals surface area contributed by atoms with Crippen LogP contribution in [0, 0.1) is 13.8 Å². The fraction of sp³-hybridized carbons (Fsp3) is 0.278. The Bertz CT molecular complexity index is 725. The van der Waals surface area contributed by atoms with Crippen LogP contribution in [0.3, 0.4) is 0 Å². The highest BCUT2D eigenvalue weighted by atomic mass is 16.5. The van der Waals surface area contributed by atoms with Crippen molar-refractivity contribution in [3.05, 3.63) is 47.0 Å². The fourth-order valence-corrected chi connectivity index (χ4v) is 2.22. The fourth-order valence-electron chi connectivity index (χ4n) is 2.22. The maximum absolute atomic E-state index is 12.6. The van der Waals surface area contributed by atoms with Gasteiger partial charge in [-0.3, -0.25) is 4.79 Å². The summed E-state index contributed by atoms with van der Waals surface area (Å²) in [4.78, 5) is 12.6. The van der Waals surface area contributed by atoms with Crippen LogP contribution < -0.4 is 19.5 Å². The number of hydrogen-bond donors (Lipinski definition) is 1. The lowest BCUT2D eigenvalue weighted by Gasteiger charge is -2.14. The average Bonchev–Trinajstić information content (AvgIpc) is 2.56. The van der Waals surface area contributed by atoms with Gasteiger partial charge in [0.1, 0.15) is 5.75 Å². The van der Waals surface area contributed by atoms with Crippen LogP contribution in [0.1, 0.15) is 21.5 Å². The van der Waals surface area contributed by atoms with Crippen molar-refractivity contribution in [1.82, 2.24) is 0 Å². The van der Waals surface area contributed by atoms with E-state index in [-0.39, 0.29) is 5.91 Å². The zero-order valence-corrected chi connectivity index (χ0v) is 14.0. The van der Waals surface area contributed by atoms with E-state index in [4.69, 9.17) is 14.2 Å². The highest BCUT2D eigenvalue weighted by molar-refractivity contribution is 6.06. The van der Waals surface area contributed by atoms with Crippen molar-refractivity contribution in [1.29, 1.82) is 0 Å². The molecule has 5 nitrogen and oxygen atoms in total. The van der Waals surface area contributed by atoms with E-state index in [0.717, 1.165) is 11.3 Å². The Kier molecular flexibility index (Phi) is 5.11. The molecule has 2 rings (SSSR count). The molecular formula is C18H21NO4. The molecule has 23 heavy (non-hydrogen) atoms. The van der Waals surface area contributed by atoms with E-state index in [1.54, 1.807) is 12.1 Å². The van der Waals surface area contributed by atoms with Gasteiger partial charge in [-0.05, 0) is 37.1 Å². The predicted molar refractivity (Wildman–Crippen MR) is 90.0 cm³/mol. The lowest BCUT2D eigenvalue weighted by Crippen LogP contribution is -2.14. The molecule has 2 aromatic carbocycles. The Labute approximate surface area is 136 Å². The Balaban J connectivity index is 2.35. The van der Waals surface area contributed by atoms with E-state index in [1.807, 2.05) is 32.0 Å². The first-order valence-corrected chi connectivity index (χ1v) is 7.18. The molecule has 0 atom stereocenters. The lowest BCUT2D eigenvalue weighted by atomic mass is 10.1. The number of carbonyl (C=O) groups is 1.